The molecule has 2 aromatic rings. The lowest BCUT2D eigenvalue weighted by atomic mass is 9.91. The zero-order chi connectivity index (χ0) is 25.0. The Labute approximate surface area is 193 Å². The number of halogens is 3. The molecule has 0 saturated heterocycles. The smallest absolute Gasteiger partial charge is 0.379 e. The summed E-state index contributed by atoms with van der Waals surface area (Å²) in [6.45, 7) is 10.7. The quantitative estimate of drug-likeness (QED) is 0.437. The summed E-state index contributed by atoms with van der Waals surface area (Å²) in [5.41, 5.74) is -0.617. The predicted octanol–water partition coefficient (Wildman–Crippen LogP) is 5.89. The van der Waals surface area contributed by atoms with Gasteiger partial charge in [-0.25, -0.2) is 0 Å². The third kappa shape index (κ3) is 8.38. The Kier molecular flexibility index (Phi) is 8.22. The van der Waals surface area contributed by atoms with Crippen molar-refractivity contribution in [1.82, 2.24) is 4.90 Å². The van der Waals surface area contributed by atoms with Gasteiger partial charge in [0.1, 0.15) is 10.6 Å². The standard InChI is InChI=1S/C24H30F3NO4S/c1-17(2)15-28(22(29)14-23(3,4)5)16-18-8-6-10-20(12-18)32-33(30,31)21-11-7-9-19(13-21)24(25,26)27/h6-13,17H,14-16H2,1-5H3. The number of alkyl halides is 3. The van der Waals surface area contributed by atoms with Gasteiger partial charge >= 0.3 is 16.3 Å². The highest BCUT2D eigenvalue weighted by molar-refractivity contribution is 7.87. The Morgan fingerprint density at radius 2 is 1.67 bits per heavy atom. The average molecular weight is 486 g/mol. The molecule has 0 bridgehead atoms. The number of amides is 1. The lowest BCUT2D eigenvalue weighted by molar-refractivity contribution is -0.137. The van der Waals surface area contributed by atoms with Crippen molar-refractivity contribution in [2.24, 2.45) is 11.3 Å². The molecule has 2 rings (SSSR count). The van der Waals surface area contributed by atoms with E-state index in [1.54, 1.807) is 17.0 Å². The minimum absolute atomic E-state index is 0.0147. The van der Waals surface area contributed by atoms with Gasteiger partial charge in [0, 0.05) is 19.5 Å². The van der Waals surface area contributed by atoms with Gasteiger partial charge in [0.25, 0.3) is 0 Å². The predicted molar refractivity (Wildman–Crippen MR) is 120 cm³/mol. The van der Waals surface area contributed by atoms with E-state index in [4.69, 9.17) is 4.18 Å². The van der Waals surface area contributed by atoms with E-state index in [-0.39, 0.29) is 29.5 Å². The third-order valence-electron chi connectivity index (χ3n) is 4.55. The van der Waals surface area contributed by atoms with E-state index in [1.165, 1.54) is 12.1 Å². The van der Waals surface area contributed by atoms with Crippen molar-refractivity contribution in [2.45, 2.75) is 58.7 Å². The van der Waals surface area contributed by atoms with Crippen LogP contribution in [0.15, 0.2) is 53.4 Å². The highest BCUT2D eigenvalue weighted by Gasteiger charge is 2.32. The average Bonchev–Trinajstić information content (AvgIpc) is 2.65. The summed E-state index contributed by atoms with van der Waals surface area (Å²) in [7, 11) is -4.48. The van der Waals surface area contributed by atoms with Crippen molar-refractivity contribution in [3.63, 3.8) is 0 Å². The van der Waals surface area contributed by atoms with Gasteiger partial charge in [-0.05, 0) is 47.2 Å². The van der Waals surface area contributed by atoms with Crippen LogP contribution in [-0.4, -0.2) is 25.8 Å². The van der Waals surface area contributed by atoms with E-state index in [2.05, 4.69) is 0 Å². The molecule has 2 aromatic carbocycles. The van der Waals surface area contributed by atoms with E-state index in [1.807, 2.05) is 34.6 Å². The molecule has 0 saturated carbocycles. The van der Waals surface area contributed by atoms with E-state index >= 15 is 0 Å². The molecule has 0 aliphatic rings. The van der Waals surface area contributed by atoms with Gasteiger partial charge in [0.05, 0.1) is 5.56 Å². The van der Waals surface area contributed by atoms with Gasteiger partial charge < -0.3 is 9.08 Å². The molecule has 0 aromatic heterocycles. The normalized spacial score (nSPS) is 12.6. The lowest BCUT2D eigenvalue weighted by Gasteiger charge is -2.28. The van der Waals surface area contributed by atoms with Crippen molar-refractivity contribution in [1.29, 1.82) is 0 Å². The van der Waals surface area contributed by atoms with Crippen LogP contribution >= 0.6 is 0 Å². The van der Waals surface area contributed by atoms with Crippen molar-refractivity contribution < 1.29 is 30.6 Å². The first-order chi connectivity index (χ1) is 15.1. The molecule has 1 amide bonds. The number of benzene rings is 2. The summed E-state index contributed by atoms with van der Waals surface area (Å²) in [5, 5.41) is 0. The van der Waals surface area contributed by atoms with Crippen molar-refractivity contribution in [2.75, 3.05) is 6.54 Å². The Bertz CT molecular complexity index is 1070. The molecule has 0 atom stereocenters. The number of carbonyl (C=O) groups excluding carboxylic acids is 1. The van der Waals surface area contributed by atoms with Crippen LogP contribution in [0.4, 0.5) is 13.2 Å². The Balaban J connectivity index is 2.25. The molecule has 0 spiro atoms. The van der Waals surface area contributed by atoms with Crippen molar-refractivity contribution >= 4 is 16.0 Å². The van der Waals surface area contributed by atoms with Gasteiger partial charge in [0.15, 0.2) is 0 Å². The number of hydrogen-bond donors (Lipinski definition) is 0. The molecule has 0 fully saturated rings. The SMILES string of the molecule is CC(C)CN(Cc1cccc(OS(=O)(=O)c2cccc(C(F)(F)F)c2)c1)C(=O)CC(C)(C)C. The molecular weight excluding hydrogens is 455 g/mol. The third-order valence-corrected chi connectivity index (χ3v) is 5.79. The highest BCUT2D eigenvalue weighted by Crippen LogP contribution is 2.31. The minimum Gasteiger partial charge on any atom is -0.379 e. The molecular formula is C24H30F3NO4S. The molecule has 182 valence electrons. The Morgan fingerprint density at radius 3 is 2.24 bits per heavy atom. The number of nitrogens with zero attached hydrogens (tertiary/aromatic N) is 1. The van der Waals surface area contributed by atoms with Crippen LogP contribution in [-0.2, 0) is 27.6 Å². The molecule has 9 heteroatoms. The molecule has 0 unspecified atom stereocenters. The van der Waals surface area contributed by atoms with Crippen LogP contribution in [0.3, 0.4) is 0 Å². The van der Waals surface area contributed by atoms with E-state index in [0.29, 0.717) is 24.6 Å². The maximum absolute atomic E-state index is 12.9. The molecule has 5 nitrogen and oxygen atoms in total. The Hall–Kier alpha value is -2.55. The van der Waals surface area contributed by atoms with Gasteiger partial charge in [-0.1, -0.05) is 52.8 Å². The summed E-state index contributed by atoms with van der Waals surface area (Å²) in [6.07, 6.45) is -4.31. The van der Waals surface area contributed by atoms with Gasteiger partial charge in [-0.3, -0.25) is 4.79 Å². The number of hydrogen-bond acceptors (Lipinski definition) is 4. The van der Waals surface area contributed by atoms with Crippen LogP contribution in [0, 0.1) is 11.3 Å². The first-order valence-electron chi connectivity index (χ1n) is 10.6. The van der Waals surface area contributed by atoms with Gasteiger partial charge in [0.2, 0.25) is 5.91 Å². The fourth-order valence-corrected chi connectivity index (χ4v) is 4.15. The van der Waals surface area contributed by atoms with Crippen molar-refractivity contribution in [3.05, 3.63) is 59.7 Å². The summed E-state index contributed by atoms with van der Waals surface area (Å²) in [6, 6.07) is 9.58. The molecule has 33 heavy (non-hydrogen) atoms. The lowest BCUT2D eigenvalue weighted by Crippen LogP contribution is -2.35. The zero-order valence-corrected chi connectivity index (χ0v) is 20.3. The Morgan fingerprint density at radius 1 is 1.03 bits per heavy atom. The van der Waals surface area contributed by atoms with E-state index in [0.717, 1.165) is 18.2 Å². The summed E-state index contributed by atoms with van der Waals surface area (Å²) < 4.78 is 69.1. The topological polar surface area (TPSA) is 63.7 Å². The fourth-order valence-electron chi connectivity index (χ4n) is 3.18. The first-order valence-corrected chi connectivity index (χ1v) is 12.0. The summed E-state index contributed by atoms with van der Waals surface area (Å²) >= 11 is 0. The van der Waals surface area contributed by atoms with Crippen LogP contribution in [0.1, 0.15) is 52.2 Å². The molecule has 0 aliphatic carbocycles. The van der Waals surface area contributed by atoms with Gasteiger partial charge in [-0.15, -0.1) is 0 Å². The number of rotatable bonds is 8. The monoisotopic (exact) mass is 485 g/mol. The largest absolute Gasteiger partial charge is 0.416 e. The summed E-state index contributed by atoms with van der Waals surface area (Å²) in [4.78, 5) is 13.9. The maximum atomic E-state index is 12.9. The van der Waals surface area contributed by atoms with Crippen LogP contribution < -0.4 is 4.18 Å². The zero-order valence-electron chi connectivity index (χ0n) is 19.4. The number of carbonyl (C=O) groups is 1. The van der Waals surface area contributed by atoms with Crippen molar-refractivity contribution in [3.8, 4) is 5.75 Å². The van der Waals surface area contributed by atoms with Crippen LogP contribution in [0.25, 0.3) is 0 Å². The summed E-state index contributed by atoms with van der Waals surface area (Å²) in [5.74, 6) is 0.173. The second-order valence-electron chi connectivity index (χ2n) is 9.62. The van der Waals surface area contributed by atoms with Crippen LogP contribution in [0.5, 0.6) is 5.75 Å². The highest BCUT2D eigenvalue weighted by atomic mass is 32.2. The van der Waals surface area contributed by atoms with E-state index < -0.39 is 26.8 Å². The van der Waals surface area contributed by atoms with Crippen LogP contribution in [0.2, 0.25) is 0 Å². The molecule has 0 N–H and O–H groups in total. The second kappa shape index (κ2) is 10.2. The fraction of sp³-hybridized carbons (Fsp3) is 0.458. The molecule has 0 aliphatic heterocycles. The first kappa shape index (κ1) is 26.7. The van der Waals surface area contributed by atoms with Gasteiger partial charge in [-0.2, -0.15) is 21.6 Å². The second-order valence-corrected chi connectivity index (χ2v) is 11.2. The van der Waals surface area contributed by atoms with E-state index in [9.17, 15) is 26.4 Å². The maximum Gasteiger partial charge on any atom is 0.416 e. The minimum atomic E-state index is -4.68. The molecule has 0 heterocycles. The molecule has 0 radical (unpaired) electrons.